The van der Waals surface area contributed by atoms with E-state index in [0.717, 1.165) is 34.0 Å². The summed E-state index contributed by atoms with van der Waals surface area (Å²) in [5.41, 5.74) is 2.15. The first-order valence-corrected chi connectivity index (χ1v) is 10.8. The molecule has 4 aromatic rings. The second kappa shape index (κ2) is 7.69. The molecule has 9 heteroatoms. The maximum atomic E-state index is 13.9. The van der Waals surface area contributed by atoms with Crippen LogP contribution in [-0.2, 0) is 11.2 Å². The minimum Gasteiger partial charge on any atom is -0.323 e. The summed E-state index contributed by atoms with van der Waals surface area (Å²) in [7, 11) is 0. The number of thioether (sulfide) groups is 1. The van der Waals surface area contributed by atoms with Gasteiger partial charge in [-0.15, -0.1) is 21.5 Å². The van der Waals surface area contributed by atoms with Crippen molar-refractivity contribution in [2.75, 3.05) is 11.1 Å². The molecule has 3 heterocycles. The quantitative estimate of drug-likeness (QED) is 0.431. The van der Waals surface area contributed by atoms with Gasteiger partial charge in [0, 0.05) is 16.3 Å². The Morgan fingerprint density at radius 3 is 2.86 bits per heavy atom. The van der Waals surface area contributed by atoms with E-state index >= 15 is 0 Å². The van der Waals surface area contributed by atoms with Gasteiger partial charge >= 0.3 is 0 Å². The van der Waals surface area contributed by atoms with Crippen LogP contribution in [0.4, 0.5) is 10.1 Å². The lowest BCUT2D eigenvalue weighted by molar-refractivity contribution is -0.113. The molecule has 0 saturated heterocycles. The lowest BCUT2D eigenvalue weighted by Crippen LogP contribution is -2.15. The van der Waals surface area contributed by atoms with E-state index in [2.05, 4.69) is 39.0 Å². The van der Waals surface area contributed by atoms with Crippen molar-refractivity contribution in [1.29, 1.82) is 0 Å². The third-order valence-electron chi connectivity index (χ3n) is 4.21. The number of halogens is 2. The van der Waals surface area contributed by atoms with Gasteiger partial charge in [-0.1, -0.05) is 30.3 Å². The molecule has 0 fully saturated rings. The van der Waals surface area contributed by atoms with Gasteiger partial charge in [-0.3, -0.25) is 9.20 Å². The van der Waals surface area contributed by atoms with Crippen molar-refractivity contribution >= 4 is 62.0 Å². The zero-order chi connectivity index (χ0) is 19.8. The fraction of sp³-hybridized carbons (Fsp3) is 0.211. The number of nitrogens with one attached hydrogen (secondary N) is 1. The van der Waals surface area contributed by atoms with Crippen LogP contribution in [0.2, 0.25) is 5.02 Å². The molecule has 1 amide bonds. The number of amides is 1. The molecular weight excluding hydrogens is 419 g/mol. The molecule has 28 heavy (non-hydrogen) atoms. The van der Waals surface area contributed by atoms with E-state index in [4.69, 9.17) is 11.6 Å². The first-order chi connectivity index (χ1) is 13.5. The fourth-order valence-electron chi connectivity index (χ4n) is 2.99. The number of carbonyl (C=O) groups excluding carboxylic acids is 1. The van der Waals surface area contributed by atoms with E-state index in [9.17, 15) is 9.18 Å². The normalized spacial score (nSPS) is 11.4. The largest absolute Gasteiger partial charge is 0.323 e. The molecular formula is C19H16ClFN4OS2. The third kappa shape index (κ3) is 3.59. The Labute approximate surface area is 173 Å². The van der Waals surface area contributed by atoms with Gasteiger partial charge in [-0.05, 0) is 37.3 Å². The molecule has 0 atom stereocenters. The van der Waals surface area contributed by atoms with Crippen LogP contribution in [0, 0.1) is 12.7 Å². The van der Waals surface area contributed by atoms with Gasteiger partial charge in [0.25, 0.3) is 0 Å². The van der Waals surface area contributed by atoms with Gasteiger partial charge < -0.3 is 5.32 Å². The number of aromatic nitrogens is 3. The van der Waals surface area contributed by atoms with E-state index in [0.29, 0.717) is 5.03 Å². The first kappa shape index (κ1) is 19.2. The average molecular weight is 435 g/mol. The summed E-state index contributed by atoms with van der Waals surface area (Å²) in [5.74, 6) is 0.0766. The number of rotatable bonds is 5. The molecule has 0 unspecified atom stereocenters. The van der Waals surface area contributed by atoms with E-state index in [1.165, 1.54) is 28.8 Å². The molecule has 144 valence electrons. The zero-order valence-corrected chi connectivity index (χ0v) is 17.5. The van der Waals surface area contributed by atoms with Crippen LogP contribution in [0.1, 0.15) is 17.6 Å². The lowest BCUT2D eigenvalue weighted by Gasteiger charge is -2.08. The van der Waals surface area contributed by atoms with E-state index in [-0.39, 0.29) is 22.4 Å². The zero-order valence-electron chi connectivity index (χ0n) is 15.1. The molecule has 0 aliphatic rings. The minimum atomic E-state index is -0.567. The summed E-state index contributed by atoms with van der Waals surface area (Å²) in [6.45, 7) is 4.11. The van der Waals surface area contributed by atoms with Crippen molar-refractivity contribution < 1.29 is 9.18 Å². The van der Waals surface area contributed by atoms with Crippen LogP contribution < -0.4 is 5.32 Å². The van der Waals surface area contributed by atoms with Crippen molar-refractivity contribution in [2.45, 2.75) is 25.3 Å². The van der Waals surface area contributed by atoms with Gasteiger partial charge in [0.2, 0.25) is 5.91 Å². The van der Waals surface area contributed by atoms with Crippen LogP contribution in [0.25, 0.3) is 15.7 Å². The van der Waals surface area contributed by atoms with Gasteiger partial charge in [0.1, 0.15) is 16.7 Å². The third-order valence-corrected chi connectivity index (χ3v) is 6.40. The number of carbonyl (C=O) groups is 1. The summed E-state index contributed by atoms with van der Waals surface area (Å²) in [6, 6.07) is 8.36. The monoisotopic (exact) mass is 434 g/mol. The van der Waals surface area contributed by atoms with Gasteiger partial charge in [-0.25, -0.2) is 4.39 Å². The lowest BCUT2D eigenvalue weighted by atomic mass is 10.3. The Kier molecular flexibility index (Phi) is 5.27. The number of anilines is 1. The second-order valence-electron chi connectivity index (χ2n) is 6.21. The number of thiophene rings is 1. The van der Waals surface area contributed by atoms with Crippen LogP contribution in [0.3, 0.4) is 0 Å². The SMILES string of the molecule is CCc1nnc(SCC(=O)Nc2ccc(Cl)cc2F)c2cc3sc(C)cc3n12. The topological polar surface area (TPSA) is 59.3 Å². The Balaban J connectivity index is 1.58. The van der Waals surface area contributed by atoms with Crippen molar-refractivity contribution in [3.63, 3.8) is 0 Å². The highest BCUT2D eigenvalue weighted by Gasteiger charge is 2.16. The maximum absolute atomic E-state index is 13.9. The van der Waals surface area contributed by atoms with E-state index in [1.54, 1.807) is 11.3 Å². The maximum Gasteiger partial charge on any atom is 0.234 e. The Hall–Kier alpha value is -2.16. The summed E-state index contributed by atoms with van der Waals surface area (Å²) in [6.07, 6.45) is 0.753. The van der Waals surface area contributed by atoms with Gasteiger partial charge in [0.05, 0.1) is 27.2 Å². The molecule has 0 saturated carbocycles. The predicted molar refractivity (Wildman–Crippen MR) is 113 cm³/mol. The first-order valence-electron chi connectivity index (χ1n) is 8.61. The average Bonchev–Trinajstić information content (AvgIpc) is 3.18. The smallest absolute Gasteiger partial charge is 0.234 e. The number of nitrogens with zero attached hydrogens (tertiary/aromatic N) is 3. The number of aryl methyl sites for hydroxylation is 2. The Morgan fingerprint density at radius 2 is 2.11 bits per heavy atom. The summed E-state index contributed by atoms with van der Waals surface area (Å²) in [5, 5.41) is 12.2. The van der Waals surface area contributed by atoms with Crippen molar-refractivity contribution in [3.8, 4) is 0 Å². The van der Waals surface area contributed by atoms with E-state index in [1.807, 2.05) is 6.92 Å². The summed E-state index contributed by atoms with van der Waals surface area (Å²) >= 11 is 8.73. The highest BCUT2D eigenvalue weighted by molar-refractivity contribution is 8.00. The van der Waals surface area contributed by atoms with Crippen molar-refractivity contribution in [1.82, 2.24) is 14.6 Å². The predicted octanol–water partition coefficient (Wildman–Crippen LogP) is 5.34. The molecule has 0 aliphatic heterocycles. The van der Waals surface area contributed by atoms with E-state index < -0.39 is 5.82 Å². The number of benzene rings is 1. The molecule has 4 rings (SSSR count). The van der Waals surface area contributed by atoms with Crippen LogP contribution in [0.5, 0.6) is 0 Å². The molecule has 0 aliphatic carbocycles. The van der Waals surface area contributed by atoms with Gasteiger partial charge in [0.15, 0.2) is 0 Å². The summed E-state index contributed by atoms with van der Waals surface area (Å²) < 4.78 is 17.1. The highest BCUT2D eigenvalue weighted by Crippen LogP contribution is 2.33. The molecule has 0 bridgehead atoms. The molecule has 1 N–H and O–H groups in total. The second-order valence-corrected chi connectivity index (χ2v) is 8.90. The molecule has 0 spiro atoms. The number of hydrogen-bond acceptors (Lipinski definition) is 5. The van der Waals surface area contributed by atoms with Crippen LogP contribution in [0.15, 0.2) is 35.4 Å². The van der Waals surface area contributed by atoms with Crippen LogP contribution in [-0.4, -0.2) is 26.3 Å². The molecule has 0 radical (unpaired) electrons. The summed E-state index contributed by atoms with van der Waals surface area (Å²) in [4.78, 5) is 13.5. The number of fused-ring (bicyclic) bond motifs is 3. The molecule has 3 aromatic heterocycles. The fourth-order valence-corrected chi connectivity index (χ4v) is 4.83. The Morgan fingerprint density at radius 1 is 1.29 bits per heavy atom. The number of hydrogen-bond donors (Lipinski definition) is 1. The van der Waals surface area contributed by atoms with Gasteiger partial charge in [-0.2, -0.15) is 0 Å². The highest BCUT2D eigenvalue weighted by atomic mass is 35.5. The Bertz CT molecular complexity index is 1200. The van der Waals surface area contributed by atoms with Crippen molar-refractivity contribution in [3.05, 3.63) is 51.9 Å². The minimum absolute atomic E-state index is 0.0930. The standard InChI is InChI=1S/C19H16ClFN4OS2/c1-3-17-23-24-19(15-8-16-14(25(15)17)6-10(2)28-16)27-9-18(26)22-13-5-4-11(20)7-12(13)21/h4-8H,3,9H2,1-2H3,(H,22,26). The van der Waals surface area contributed by atoms with Crippen LogP contribution >= 0.6 is 34.7 Å². The van der Waals surface area contributed by atoms with Crippen molar-refractivity contribution in [2.24, 2.45) is 0 Å². The molecule has 5 nitrogen and oxygen atoms in total. The molecule has 1 aromatic carbocycles.